The number of halogens is 5. The molecular formula is C13H8BrClF3NOS. The van der Waals surface area contributed by atoms with Gasteiger partial charge in [-0.3, -0.25) is 4.79 Å². The summed E-state index contributed by atoms with van der Waals surface area (Å²) in [6.45, 7) is 0.129. The lowest BCUT2D eigenvalue weighted by Gasteiger charge is -2.13. The summed E-state index contributed by atoms with van der Waals surface area (Å²) in [7, 11) is 0. The first-order chi connectivity index (χ1) is 9.77. The third-order valence-electron chi connectivity index (χ3n) is 2.58. The van der Waals surface area contributed by atoms with E-state index in [0.717, 1.165) is 17.0 Å². The maximum Gasteiger partial charge on any atom is 0.417 e. The number of carbonyl (C=O) groups excluding carboxylic acids is 1. The standard InChI is InChI=1S/C13H8BrClF3NOS/c14-7-1-3-9(10(5-7)13(16,17)18)12(20)19-6-8-2-4-11(15)21-8/h1-5H,6H2,(H,19,20). The molecule has 2 nitrogen and oxygen atoms in total. The van der Waals surface area contributed by atoms with E-state index in [2.05, 4.69) is 21.2 Å². The molecule has 21 heavy (non-hydrogen) atoms. The fourth-order valence-electron chi connectivity index (χ4n) is 1.66. The largest absolute Gasteiger partial charge is 0.417 e. The van der Waals surface area contributed by atoms with E-state index in [9.17, 15) is 18.0 Å². The Bertz CT molecular complexity index is 672. The summed E-state index contributed by atoms with van der Waals surface area (Å²) in [5, 5.41) is 2.46. The Morgan fingerprint density at radius 2 is 2.00 bits per heavy atom. The SMILES string of the molecule is O=C(NCc1ccc(Cl)s1)c1ccc(Br)cc1C(F)(F)F. The predicted molar refractivity (Wildman–Crippen MR) is 79.6 cm³/mol. The summed E-state index contributed by atoms with van der Waals surface area (Å²) < 4.78 is 39.6. The summed E-state index contributed by atoms with van der Waals surface area (Å²) >= 11 is 9.98. The quantitative estimate of drug-likeness (QED) is 0.764. The van der Waals surface area contributed by atoms with E-state index in [4.69, 9.17) is 11.6 Å². The summed E-state index contributed by atoms with van der Waals surface area (Å²) in [4.78, 5) is 12.7. The monoisotopic (exact) mass is 397 g/mol. The first kappa shape index (κ1) is 16.3. The fourth-order valence-corrected chi connectivity index (χ4v) is 3.05. The lowest BCUT2D eigenvalue weighted by Crippen LogP contribution is -2.25. The Balaban J connectivity index is 2.19. The van der Waals surface area contributed by atoms with Gasteiger partial charge < -0.3 is 5.32 Å². The molecule has 0 aliphatic carbocycles. The Labute approximate surface area is 136 Å². The van der Waals surface area contributed by atoms with E-state index < -0.39 is 23.2 Å². The van der Waals surface area contributed by atoms with Gasteiger partial charge in [0.15, 0.2) is 0 Å². The third kappa shape index (κ3) is 4.21. The van der Waals surface area contributed by atoms with Crippen molar-refractivity contribution >= 4 is 44.8 Å². The van der Waals surface area contributed by atoms with Gasteiger partial charge in [-0.1, -0.05) is 27.5 Å². The minimum absolute atomic E-state index is 0.129. The minimum atomic E-state index is -4.59. The fraction of sp³-hybridized carbons (Fsp3) is 0.154. The number of hydrogen-bond acceptors (Lipinski definition) is 2. The summed E-state index contributed by atoms with van der Waals surface area (Å²) in [5.74, 6) is -0.778. The van der Waals surface area contributed by atoms with Gasteiger partial charge in [-0.2, -0.15) is 13.2 Å². The molecule has 1 heterocycles. The molecule has 0 unspecified atom stereocenters. The van der Waals surface area contributed by atoms with Crippen molar-refractivity contribution in [3.8, 4) is 0 Å². The minimum Gasteiger partial charge on any atom is -0.347 e. The lowest BCUT2D eigenvalue weighted by atomic mass is 10.1. The molecule has 1 aromatic carbocycles. The van der Waals surface area contributed by atoms with Crippen LogP contribution in [0.2, 0.25) is 4.34 Å². The molecule has 0 saturated carbocycles. The molecule has 1 aromatic heterocycles. The van der Waals surface area contributed by atoms with E-state index in [0.29, 0.717) is 4.34 Å². The van der Waals surface area contributed by atoms with E-state index in [1.807, 2.05) is 0 Å². The number of benzene rings is 1. The molecule has 8 heteroatoms. The van der Waals surface area contributed by atoms with Crippen molar-refractivity contribution in [2.45, 2.75) is 12.7 Å². The van der Waals surface area contributed by atoms with Crippen molar-refractivity contribution in [1.82, 2.24) is 5.32 Å². The highest BCUT2D eigenvalue weighted by atomic mass is 79.9. The number of thiophene rings is 1. The number of rotatable bonds is 3. The Morgan fingerprint density at radius 1 is 1.29 bits per heavy atom. The van der Waals surface area contributed by atoms with Crippen LogP contribution in [-0.2, 0) is 12.7 Å². The second-order valence-corrected chi connectivity index (χ2v) is 6.79. The smallest absolute Gasteiger partial charge is 0.347 e. The Hall–Kier alpha value is -1.05. The van der Waals surface area contributed by atoms with Crippen LogP contribution < -0.4 is 5.32 Å². The van der Waals surface area contributed by atoms with Crippen LogP contribution in [0.3, 0.4) is 0 Å². The van der Waals surface area contributed by atoms with E-state index >= 15 is 0 Å². The van der Waals surface area contributed by atoms with Gasteiger partial charge >= 0.3 is 6.18 Å². The zero-order chi connectivity index (χ0) is 15.6. The molecule has 0 atom stereocenters. The molecule has 0 aliphatic heterocycles. The molecule has 0 radical (unpaired) electrons. The Morgan fingerprint density at radius 3 is 2.57 bits per heavy atom. The normalized spacial score (nSPS) is 11.5. The molecule has 0 saturated heterocycles. The van der Waals surface area contributed by atoms with Gasteiger partial charge in [0, 0.05) is 9.35 Å². The maximum atomic E-state index is 12.9. The molecule has 1 N–H and O–H groups in total. The zero-order valence-corrected chi connectivity index (χ0v) is 13.5. The number of hydrogen-bond donors (Lipinski definition) is 1. The van der Waals surface area contributed by atoms with Crippen molar-refractivity contribution in [2.75, 3.05) is 0 Å². The van der Waals surface area contributed by atoms with Crippen LogP contribution in [0.15, 0.2) is 34.8 Å². The summed E-state index contributed by atoms with van der Waals surface area (Å²) in [5.41, 5.74) is -1.38. The van der Waals surface area contributed by atoms with Crippen LogP contribution >= 0.6 is 38.9 Å². The maximum absolute atomic E-state index is 12.9. The average molecular weight is 399 g/mol. The Kier molecular flexibility index (Phi) is 4.95. The van der Waals surface area contributed by atoms with Crippen molar-refractivity contribution < 1.29 is 18.0 Å². The number of nitrogens with one attached hydrogen (secondary N) is 1. The van der Waals surface area contributed by atoms with E-state index in [1.165, 1.54) is 17.4 Å². The van der Waals surface area contributed by atoms with Crippen LogP contribution in [0.4, 0.5) is 13.2 Å². The highest BCUT2D eigenvalue weighted by molar-refractivity contribution is 9.10. The van der Waals surface area contributed by atoms with Crippen LogP contribution in [0.1, 0.15) is 20.8 Å². The van der Waals surface area contributed by atoms with Gasteiger partial charge in [-0.15, -0.1) is 11.3 Å². The first-order valence-electron chi connectivity index (χ1n) is 5.66. The van der Waals surface area contributed by atoms with Crippen LogP contribution in [-0.4, -0.2) is 5.91 Å². The first-order valence-corrected chi connectivity index (χ1v) is 7.65. The van der Waals surface area contributed by atoms with E-state index in [-0.39, 0.29) is 11.0 Å². The van der Waals surface area contributed by atoms with E-state index in [1.54, 1.807) is 12.1 Å². The molecule has 2 rings (SSSR count). The van der Waals surface area contributed by atoms with Gasteiger partial charge in [0.2, 0.25) is 0 Å². The van der Waals surface area contributed by atoms with Gasteiger partial charge in [-0.25, -0.2) is 0 Å². The van der Waals surface area contributed by atoms with Gasteiger partial charge in [-0.05, 0) is 30.3 Å². The van der Waals surface area contributed by atoms with Crippen LogP contribution in [0.5, 0.6) is 0 Å². The number of carbonyl (C=O) groups is 1. The molecular weight excluding hydrogens is 391 g/mol. The number of alkyl halides is 3. The zero-order valence-electron chi connectivity index (χ0n) is 10.3. The lowest BCUT2D eigenvalue weighted by molar-refractivity contribution is -0.138. The highest BCUT2D eigenvalue weighted by Crippen LogP contribution is 2.34. The summed E-state index contributed by atoms with van der Waals surface area (Å²) in [6, 6.07) is 6.79. The number of amides is 1. The predicted octanol–water partition coefficient (Wildman–Crippen LogP) is 5.11. The summed E-state index contributed by atoms with van der Waals surface area (Å²) in [6.07, 6.45) is -4.59. The molecule has 0 aliphatic rings. The molecule has 0 fully saturated rings. The van der Waals surface area contributed by atoms with Crippen molar-refractivity contribution in [2.24, 2.45) is 0 Å². The van der Waals surface area contributed by atoms with Crippen molar-refractivity contribution in [1.29, 1.82) is 0 Å². The van der Waals surface area contributed by atoms with Crippen LogP contribution in [0.25, 0.3) is 0 Å². The van der Waals surface area contributed by atoms with Crippen LogP contribution in [0, 0.1) is 0 Å². The average Bonchev–Trinajstić information content (AvgIpc) is 2.81. The molecule has 2 aromatic rings. The second kappa shape index (κ2) is 6.37. The molecule has 0 spiro atoms. The highest BCUT2D eigenvalue weighted by Gasteiger charge is 2.35. The molecule has 0 bridgehead atoms. The van der Waals surface area contributed by atoms with Crippen molar-refractivity contribution in [3.05, 3.63) is 55.1 Å². The van der Waals surface area contributed by atoms with Crippen molar-refractivity contribution in [3.63, 3.8) is 0 Å². The van der Waals surface area contributed by atoms with Gasteiger partial charge in [0.25, 0.3) is 5.91 Å². The third-order valence-corrected chi connectivity index (χ3v) is 4.31. The molecule has 1 amide bonds. The van der Waals surface area contributed by atoms with Gasteiger partial charge in [0.05, 0.1) is 22.0 Å². The molecule has 112 valence electrons. The second-order valence-electron chi connectivity index (χ2n) is 4.08. The van der Waals surface area contributed by atoms with Gasteiger partial charge in [0.1, 0.15) is 0 Å². The topological polar surface area (TPSA) is 29.1 Å².